The van der Waals surface area contributed by atoms with Crippen LogP contribution in [0.1, 0.15) is 50.5 Å². The van der Waals surface area contributed by atoms with Gasteiger partial charge in [-0.05, 0) is 48.8 Å². The average Bonchev–Trinajstić information content (AvgIpc) is 2.54. The van der Waals surface area contributed by atoms with E-state index in [-0.39, 0.29) is 18.4 Å². The van der Waals surface area contributed by atoms with E-state index in [0.717, 1.165) is 35.9 Å². The molecule has 0 aliphatic heterocycles. The van der Waals surface area contributed by atoms with Crippen LogP contribution in [-0.4, -0.2) is 11.0 Å². The van der Waals surface area contributed by atoms with Gasteiger partial charge in [-0.25, -0.2) is 0 Å². The molecule has 114 valence electrons. The van der Waals surface area contributed by atoms with Crippen molar-refractivity contribution < 1.29 is 9.90 Å². The van der Waals surface area contributed by atoms with Gasteiger partial charge in [0.2, 0.25) is 5.91 Å². The maximum Gasteiger partial charge on any atom is 0.227 e. The van der Waals surface area contributed by atoms with Crippen molar-refractivity contribution in [3.63, 3.8) is 0 Å². The molecular weight excluding hydrogens is 262 g/mol. The molecule has 3 atom stereocenters. The van der Waals surface area contributed by atoms with Gasteiger partial charge in [0.25, 0.3) is 0 Å². The molecule has 1 aromatic carbocycles. The lowest BCUT2D eigenvalue weighted by atomic mass is 9.67. The van der Waals surface area contributed by atoms with Crippen molar-refractivity contribution in [2.24, 2.45) is 17.8 Å². The fourth-order valence-corrected chi connectivity index (χ4v) is 4.10. The molecule has 0 aromatic heterocycles. The van der Waals surface area contributed by atoms with Crippen LogP contribution in [-0.2, 0) is 11.4 Å². The number of aliphatic hydroxyl groups excluding tert-OH is 1. The zero-order chi connectivity index (χ0) is 14.7. The van der Waals surface area contributed by atoms with Crippen LogP contribution in [0.5, 0.6) is 0 Å². The zero-order valence-electron chi connectivity index (χ0n) is 12.6. The van der Waals surface area contributed by atoms with Crippen molar-refractivity contribution >= 4 is 11.6 Å². The minimum Gasteiger partial charge on any atom is -0.392 e. The number of carbonyl (C=O) groups excluding carboxylic acids is 1. The number of nitrogens with one attached hydrogen (secondary N) is 1. The van der Waals surface area contributed by atoms with Gasteiger partial charge >= 0.3 is 0 Å². The fourth-order valence-electron chi connectivity index (χ4n) is 4.10. The van der Waals surface area contributed by atoms with Crippen LogP contribution < -0.4 is 5.32 Å². The number of rotatable bonds is 3. The molecule has 3 heteroatoms. The molecule has 2 saturated carbocycles. The maximum absolute atomic E-state index is 12.5. The first-order valence-electron chi connectivity index (χ1n) is 8.27. The highest BCUT2D eigenvalue weighted by molar-refractivity contribution is 5.92. The van der Waals surface area contributed by atoms with Crippen molar-refractivity contribution in [2.75, 3.05) is 5.32 Å². The smallest absolute Gasteiger partial charge is 0.227 e. The van der Waals surface area contributed by atoms with Gasteiger partial charge in [0, 0.05) is 11.6 Å². The van der Waals surface area contributed by atoms with E-state index in [1.54, 1.807) is 0 Å². The third-order valence-electron chi connectivity index (χ3n) is 5.29. The van der Waals surface area contributed by atoms with Crippen molar-refractivity contribution in [3.05, 3.63) is 29.8 Å². The molecule has 2 fully saturated rings. The average molecular weight is 287 g/mol. The van der Waals surface area contributed by atoms with E-state index < -0.39 is 0 Å². The topological polar surface area (TPSA) is 49.3 Å². The minimum absolute atomic E-state index is 0.0108. The minimum atomic E-state index is 0.0108. The monoisotopic (exact) mass is 287 g/mol. The molecule has 0 spiro atoms. The molecular formula is C18H25NO2. The highest BCUT2D eigenvalue weighted by Crippen LogP contribution is 2.42. The molecule has 1 amide bonds. The first-order chi connectivity index (χ1) is 10.3. The standard InChI is InChI=1S/C18H25NO2/c20-12-13-4-3-7-17(10-13)19-18(21)16-9-8-14-5-1-2-6-15(14)11-16/h3-4,7,10,14-16,20H,1-2,5-6,8-9,11-12H2,(H,19,21). The van der Waals surface area contributed by atoms with Crippen LogP contribution in [0, 0.1) is 17.8 Å². The number of hydrogen-bond acceptors (Lipinski definition) is 2. The van der Waals surface area contributed by atoms with Crippen molar-refractivity contribution in [2.45, 2.75) is 51.6 Å². The number of aliphatic hydroxyl groups is 1. The third kappa shape index (κ3) is 3.46. The van der Waals surface area contributed by atoms with E-state index >= 15 is 0 Å². The Morgan fingerprint density at radius 2 is 1.95 bits per heavy atom. The highest BCUT2D eigenvalue weighted by Gasteiger charge is 2.34. The molecule has 2 aliphatic rings. The number of carbonyl (C=O) groups is 1. The quantitative estimate of drug-likeness (QED) is 0.890. The maximum atomic E-state index is 12.5. The van der Waals surface area contributed by atoms with Crippen LogP contribution in [0.15, 0.2) is 24.3 Å². The van der Waals surface area contributed by atoms with Gasteiger partial charge in [0.1, 0.15) is 0 Å². The van der Waals surface area contributed by atoms with Gasteiger partial charge in [0.05, 0.1) is 6.61 Å². The van der Waals surface area contributed by atoms with E-state index in [9.17, 15) is 4.79 Å². The molecule has 3 rings (SSSR count). The molecule has 0 radical (unpaired) electrons. The van der Waals surface area contributed by atoms with Crippen LogP contribution in [0.4, 0.5) is 5.69 Å². The predicted octanol–water partition coefficient (Wildman–Crippen LogP) is 3.72. The van der Waals surface area contributed by atoms with E-state index in [2.05, 4.69) is 5.32 Å². The lowest BCUT2D eigenvalue weighted by Gasteiger charge is -2.38. The number of benzene rings is 1. The van der Waals surface area contributed by atoms with Crippen molar-refractivity contribution in [1.82, 2.24) is 0 Å². The lowest BCUT2D eigenvalue weighted by molar-refractivity contribution is -0.122. The first-order valence-corrected chi connectivity index (χ1v) is 8.27. The van der Waals surface area contributed by atoms with Crippen molar-refractivity contribution in [3.8, 4) is 0 Å². The van der Waals surface area contributed by atoms with Gasteiger partial charge in [-0.2, -0.15) is 0 Å². The Bertz CT molecular complexity index is 500. The van der Waals surface area contributed by atoms with Gasteiger partial charge < -0.3 is 10.4 Å². The number of anilines is 1. The van der Waals surface area contributed by atoms with Gasteiger partial charge in [0.15, 0.2) is 0 Å². The predicted molar refractivity (Wildman–Crippen MR) is 83.8 cm³/mol. The first kappa shape index (κ1) is 14.6. The second-order valence-corrected chi connectivity index (χ2v) is 6.66. The summed E-state index contributed by atoms with van der Waals surface area (Å²) in [4.78, 5) is 12.5. The Balaban J connectivity index is 1.60. The van der Waals surface area contributed by atoms with Crippen LogP contribution in [0.3, 0.4) is 0 Å². The largest absolute Gasteiger partial charge is 0.392 e. The Morgan fingerprint density at radius 1 is 1.14 bits per heavy atom. The summed E-state index contributed by atoms with van der Waals surface area (Å²) in [5.74, 6) is 1.98. The highest BCUT2D eigenvalue weighted by atomic mass is 16.3. The third-order valence-corrected chi connectivity index (χ3v) is 5.29. The molecule has 0 saturated heterocycles. The molecule has 2 aliphatic carbocycles. The fraction of sp³-hybridized carbons (Fsp3) is 0.611. The number of fused-ring (bicyclic) bond motifs is 1. The Hall–Kier alpha value is -1.35. The van der Waals surface area contributed by atoms with Gasteiger partial charge in [-0.1, -0.05) is 37.8 Å². The normalized spacial score (nSPS) is 28.7. The Kier molecular flexibility index (Phi) is 4.59. The van der Waals surface area contributed by atoms with Crippen LogP contribution in [0.2, 0.25) is 0 Å². The van der Waals surface area contributed by atoms with E-state index in [4.69, 9.17) is 5.11 Å². The molecule has 0 heterocycles. The molecule has 3 unspecified atom stereocenters. The summed E-state index contributed by atoms with van der Waals surface area (Å²) in [5.41, 5.74) is 1.64. The summed E-state index contributed by atoms with van der Waals surface area (Å²) in [6.07, 6.45) is 8.73. The van der Waals surface area contributed by atoms with Crippen molar-refractivity contribution in [1.29, 1.82) is 0 Å². The number of hydrogen-bond donors (Lipinski definition) is 2. The summed E-state index contributed by atoms with van der Waals surface area (Å²) >= 11 is 0. The summed E-state index contributed by atoms with van der Waals surface area (Å²) in [7, 11) is 0. The summed E-state index contributed by atoms with van der Waals surface area (Å²) in [6.45, 7) is 0.0108. The lowest BCUT2D eigenvalue weighted by Crippen LogP contribution is -2.33. The second kappa shape index (κ2) is 6.61. The summed E-state index contributed by atoms with van der Waals surface area (Å²) in [6, 6.07) is 7.48. The van der Waals surface area contributed by atoms with E-state index in [0.29, 0.717) is 0 Å². The second-order valence-electron chi connectivity index (χ2n) is 6.66. The van der Waals surface area contributed by atoms with E-state index in [1.165, 1.54) is 32.1 Å². The van der Waals surface area contributed by atoms with Crippen LogP contribution >= 0.6 is 0 Å². The van der Waals surface area contributed by atoms with Gasteiger partial charge in [-0.15, -0.1) is 0 Å². The number of amides is 1. The summed E-state index contributed by atoms with van der Waals surface area (Å²) in [5, 5.41) is 12.2. The SMILES string of the molecule is O=C(Nc1cccc(CO)c1)C1CCC2CCCCC2C1. The zero-order valence-corrected chi connectivity index (χ0v) is 12.6. The van der Waals surface area contributed by atoms with Gasteiger partial charge in [-0.3, -0.25) is 4.79 Å². The molecule has 1 aromatic rings. The Labute approximate surface area is 126 Å². The Morgan fingerprint density at radius 3 is 2.76 bits per heavy atom. The van der Waals surface area contributed by atoms with E-state index in [1.807, 2.05) is 24.3 Å². The summed E-state index contributed by atoms with van der Waals surface area (Å²) < 4.78 is 0. The van der Waals surface area contributed by atoms with Crippen LogP contribution in [0.25, 0.3) is 0 Å². The molecule has 2 N–H and O–H groups in total. The molecule has 21 heavy (non-hydrogen) atoms. The molecule has 0 bridgehead atoms. The molecule has 3 nitrogen and oxygen atoms in total.